The van der Waals surface area contributed by atoms with E-state index >= 15 is 0 Å². The number of thiocarbonyl (C=S) groups is 1. The van der Waals surface area contributed by atoms with Crippen LogP contribution in [0, 0.1) is 5.92 Å². The van der Waals surface area contributed by atoms with Gasteiger partial charge < -0.3 is 20.9 Å². The molecule has 0 unspecified atom stereocenters. The molecule has 0 aromatic heterocycles. The minimum absolute atomic E-state index is 0.433. The first-order chi connectivity index (χ1) is 15.0. The van der Waals surface area contributed by atoms with Gasteiger partial charge in [0.1, 0.15) is 0 Å². The van der Waals surface area contributed by atoms with Crippen LogP contribution in [0.25, 0.3) is 0 Å². The zero-order chi connectivity index (χ0) is 22.1. The standard InChI is InChI=1S/C24H39N5S2/c1-28(2)21-14-16-29(17-15-21)22-12-10-20(11-13-22)26-24(30)27-23(25)31-18-19-8-6-4-3-5-7-9-19/h10-13,19,21H,3-9,14-18H2,1-2H3,(H3,25,26,27,30). The van der Waals surface area contributed by atoms with Gasteiger partial charge in [-0.3, -0.25) is 0 Å². The molecule has 1 aromatic rings. The van der Waals surface area contributed by atoms with E-state index in [-0.39, 0.29) is 0 Å². The van der Waals surface area contributed by atoms with Crippen LogP contribution in [0.2, 0.25) is 0 Å². The molecule has 0 amide bonds. The highest BCUT2D eigenvalue weighted by molar-refractivity contribution is 8.13. The molecule has 1 aromatic carbocycles. The molecule has 1 saturated heterocycles. The minimum atomic E-state index is 0.433. The van der Waals surface area contributed by atoms with Crippen molar-refractivity contribution < 1.29 is 0 Å². The lowest BCUT2D eigenvalue weighted by Gasteiger charge is -2.36. The van der Waals surface area contributed by atoms with Crippen molar-refractivity contribution in [2.45, 2.75) is 63.8 Å². The van der Waals surface area contributed by atoms with Crippen LogP contribution >= 0.6 is 24.0 Å². The Morgan fingerprint density at radius 1 is 1.06 bits per heavy atom. The average Bonchev–Trinajstić information content (AvgIpc) is 2.73. The number of piperidine rings is 1. The van der Waals surface area contributed by atoms with Gasteiger partial charge >= 0.3 is 0 Å². The predicted octanol–water partition coefficient (Wildman–Crippen LogP) is 5.32. The number of rotatable bonds is 5. The minimum Gasteiger partial charge on any atom is -0.378 e. The Bertz CT molecular complexity index is 703. The van der Waals surface area contributed by atoms with E-state index in [0.29, 0.717) is 16.3 Å². The van der Waals surface area contributed by atoms with Gasteiger partial charge in [-0.05, 0) is 82.2 Å². The van der Waals surface area contributed by atoms with Crippen LogP contribution in [0.1, 0.15) is 57.8 Å². The van der Waals surface area contributed by atoms with Crippen LogP contribution < -0.4 is 16.0 Å². The summed E-state index contributed by atoms with van der Waals surface area (Å²) in [4.78, 5) is 9.20. The fourth-order valence-electron chi connectivity index (χ4n) is 4.59. The Hall–Kier alpha value is -1.31. The molecular weight excluding hydrogens is 422 g/mol. The molecule has 0 radical (unpaired) electrons. The smallest absolute Gasteiger partial charge is 0.199 e. The Morgan fingerprint density at radius 2 is 1.68 bits per heavy atom. The van der Waals surface area contributed by atoms with Gasteiger partial charge in [0.15, 0.2) is 10.3 Å². The van der Waals surface area contributed by atoms with Gasteiger partial charge in [0.25, 0.3) is 0 Å². The van der Waals surface area contributed by atoms with Crippen molar-refractivity contribution in [2.75, 3.05) is 43.2 Å². The number of aliphatic imine (C=N–C) groups is 1. The summed E-state index contributed by atoms with van der Waals surface area (Å²) in [7, 11) is 4.35. The van der Waals surface area contributed by atoms with Crippen molar-refractivity contribution in [3.05, 3.63) is 24.3 Å². The number of hydrogen-bond acceptors (Lipinski definition) is 4. The molecule has 5 nitrogen and oxygen atoms in total. The van der Waals surface area contributed by atoms with E-state index in [1.807, 2.05) is 0 Å². The number of amidine groups is 1. The second kappa shape index (κ2) is 12.7. The molecule has 1 aliphatic carbocycles. The topological polar surface area (TPSA) is 56.9 Å². The maximum absolute atomic E-state index is 6.14. The zero-order valence-electron chi connectivity index (χ0n) is 19.2. The maximum atomic E-state index is 6.14. The third kappa shape index (κ3) is 8.28. The number of nitrogens with two attached hydrogens (primary N) is 1. The molecule has 1 saturated carbocycles. The molecule has 31 heavy (non-hydrogen) atoms. The molecular formula is C24H39N5S2. The first-order valence-electron chi connectivity index (χ1n) is 11.8. The quantitative estimate of drug-likeness (QED) is 0.351. The Balaban J connectivity index is 1.43. The molecule has 2 aliphatic rings. The number of anilines is 2. The summed E-state index contributed by atoms with van der Waals surface area (Å²) in [6.45, 7) is 2.21. The van der Waals surface area contributed by atoms with Crippen molar-refractivity contribution >= 4 is 45.6 Å². The monoisotopic (exact) mass is 461 g/mol. The lowest BCUT2D eigenvalue weighted by atomic mass is 9.93. The first-order valence-corrected chi connectivity index (χ1v) is 13.2. The second-order valence-corrected chi connectivity index (χ2v) is 10.6. The Labute approximate surface area is 198 Å². The van der Waals surface area contributed by atoms with Gasteiger partial charge in [0, 0.05) is 36.3 Å². The number of nitrogens with zero attached hydrogens (tertiary/aromatic N) is 3. The highest BCUT2D eigenvalue weighted by Gasteiger charge is 2.20. The van der Waals surface area contributed by atoms with Crippen molar-refractivity contribution in [1.82, 2.24) is 4.90 Å². The first kappa shape index (κ1) is 24.3. The molecule has 0 atom stereocenters. The highest BCUT2D eigenvalue weighted by Crippen LogP contribution is 2.26. The zero-order valence-corrected chi connectivity index (χ0v) is 20.8. The van der Waals surface area contributed by atoms with Crippen molar-refractivity contribution in [1.29, 1.82) is 0 Å². The fourth-order valence-corrected chi connectivity index (χ4v) is 5.76. The van der Waals surface area contributed by atoms with Crippen LogP contribution in [0.15, 0.2) is 29.3 Å². The predicted molar refractivity (Wildman–Crippen MR) is 141 cm³/mol. The van der Waals surface area contributed by atoms with Gasteiger partial charge in [-0.1, -0.05) is 43.9 Å². The second-order valence-electron chi connectivity index (χ2n) is 9.13. The molecule has 172 valence electrons. The Morgan fingerprint density at radius 3 is 2.29 bits per heavy atom. The number of nitrogens with one attached hydrogen (secondary N) is 1. The third-order valence-electron chi connectivity index (χ3n) is 6.58. The highest BCUT2D eigenvalue weighted by atomic mass is 32.2. The molecule has 2 fully saturated rings. The normalized spacial score (nSPS) is 19.8. The van der Waals surface area contributed by atoms with Crippen molar-refractivity contribution in [3.63, 3.8) is 0 Å². The van der Waals surface area contributed by atoms with Gasteiger partial charge in [-0.25, -0.2) is 0 Å². The summed E-state index contributed by atoms with van der Waals surface area (Å²) in [5.74, 6) is 1.81. The molecule has 0 spiro atoms. The molecule has 0 bridgehead atoms. The van der Waals surface area contributed by atoms with Crippen molar-refractivity contribution in [2.24, 2.45) is 16.6 Å². The lowest BCUT2D eigenvalue weighted by molar-refractivity contribution is 0.249. The van der Waals surface area contributed by atoms with E-state index in [1.54, 1.807) is 11.8 Å². The molecule has 7 heteroatoms. The van der Waals surface area contributed by atoms with Gasteiger partial charge in [0.05, 0.1) is 0 Å². The third-order valence-corrected chi connectivity index (χ3v) is 7.80. The van der Waals surface area contributed by atoms with E-state index in [0.717, 1.165) is 30.4 Å². The fraction of sp³-hybridized carbons (Fsp3) is 0.667. The number of benzene rings is 1. The summed E-state index contributed by atoms with van der Waals surface area (Å²) < 4.78 is 0. The largest absolute Gasteiger partial charge is 0.378 e. The van der Waals surface area contributed by atoms with E-state index in [4.69, 9.17) is 18.0 Å². The summed E-state index contributed by atoms with van der Waals surface area (Å²) in [5.41, 5.74) is 8.37. The summed E-state index contributed by atoms with van der Waals surface area (Å²) >= 11 is 7.06. The van der Waals surface area contributed by atoms with E-state index in [1.165, 1.54) is 63.5 Å². The summed E-state index contributed by atoms with van der Waals surface area (Å²) in [5, 5.41) is 4.21. The summed E-state index contributed by atoms with van der Waals surface area (Å²) in [6.07, 6.45) is 11.9. The van der Waals surface area contributed by atoms with E-state index in [9.17, 15) is 0 Å². The van der Waals surface area contributed by atoms with Crippen LogP contribution in [-0.2, 0) is 0 Å². The van der Waals surface area contributed by atoms with Gasteiger partial charge in [-0.2, -0.15) is 4.99 Å². The van der Waals surface area contributed by atoms with Crippen LogP contribution in [0.5, 0.6) is 0 Å². The maximum Gasteiger partial charge on any atom is 0.199 e. The molecule has 1 aliphatic heterocycles. The molecule has 3 rings (SSSR count). The van der Waals surface area contributed by atoms with E-state index < -0.39 is 0 Å². The summed E-state index contributed by atoms with van der Waals surface area (Å²) in [6, 6.07) is 9.18. The molecule has 1 heterocycles. The van der Waals surface area contributed by atoms with E-state index in [2.05, 4.69) is 58.5 Å². The molecule has 3 N–H and O–H groups in total. The van der Waals surface area contributed by atoms with Crippen LogP contribution in [0.4, 0.5) is 11.4 Å². The number of thioether (sulfide) groups is 1. The average molecular weight is 462 g/mol. The Kier molecular flexibility index (Phi) is 9.94. The van der Waals surface area contributed by atoms with Gasteiger partial charge in [0.2, 0.25) is 0 Å². The number of hydrogen-bond donors (Lipinski definition) is 2. The van der Waals surface area contributed by atoms with Crippen LogP contribution in [-0.4, -0.2) is 54.2 Å². The van der Waals surface area contributed by atoms with Crippen LogP contribution in [0.3, 0.4) is 0 Å². The lowest BCUT2D eigenvalue weighted by Crippen LogP contribution is -2.41. The SMILES string of the molecule is CN(C)C1CCN(c2ccc(NC(=S)/N=C(\N)SCC3CCCCCCC3)cc2)CC1. The van der Waals surface area contributed by atoms with Gasteiger partial charge in [-0.15, -0.1) is 0 Å². The van der Waals surface area contributed by atoms with Crippen molar-refractivity contribution in [3.8, 4) is 0 Å².